The first-order valence-corrected chi connectivity index (χ1v) is 8.16. The van der Waals surface area contributed by atoms with E-state index in [-0.39, 0.29) is 5.78 Å². The molecule has 1 saturated heterocycles. The Bertz CT molecular complexity index is 696. The topological polar surface area (TPSA) is 37.6 Å². The zero-order chi connectivity index (χ0) is 15.9. The fourth-order valence-corrected chi connectivity index (χ4v) is 3.96. The lowest BCUT2D eigenvalue weighted by atomic mass is 9.82. The Hall–Kier alpha value is -1.68. The molecule has 3 heterocycles. The lowest BCUT2D eigenvalue weighted by Gasteiger charge is -2.33. The van der Waals surface area contributed by atoms with Crippen LogP contribution in [0.4, 0.5) is 0 Å². The van der Waals surface area contributed by atoms with Gasteiger partial charge >= 0.3 is 0 Å². The number of fused-ring (bicyclic) bond motifs is 1. The van der Waals surface area contributed by atoms with Crippen molar-refractivity contribution in [2.75, 3.05) is 20.1 Å². The number of carbonyl (C=O) groups is 1. The molecule has 0 radical (unpaired) electrons. The second-order valence-corrected chi connectivity index (χ2v) is 6.69. The number of Topliss-reactive ketones (excluding diaryl/α,β-unsaturated/α-hetero) is 1. The van der Waals surface area contributed by atoms with Gasteiger partial charge in [0.2, 0.25) is 0 Å². The van der Waals surface area contributed by atoms with E-state index in [1.807, 2.05) is 16.6 Å². The van der Waals surface area contributed by atoms with E-state index in [1.165, 1.54) is 18.5 Å². The molecule has 0 aliphatic carbocycles. The van der Waals surface area contributed by atoms with Crippen molar-refractivity contribution in [3.05, 3.63) is 35.2 Å². The number of aromatic nitrogens is 2. The van der Waals surface area contributed by atoms with Crippen molar-refractivity contribution in [3.63, 3.8) is 0 Å². The number of ketones is 1. The molecule has 1 fully saturated rings. The van der Waals surface area contributed by atoms with Crippen molar-refractivity contribution in [3.8, 4) is 0 Å². The summed E-state index contributed by atoms with van der Waals surface area (Å²) >= 11 is 0. The Morgan fingerprint density at radius 2 is 2.05 bits per heavy atom. The predicted molar refractivity (Wildman–Crippen MR) is 88.6 cm³/mol. The molecule has 0 amide bonds. The minimum atomic E-state index is 0.129. The zero-order valence-corrected chi connectivity index (χ0v) is 14.0. The molecular weight excluding hydrogens is 274 g/mol. The van der Waals surface area contributed by atoms with Crippen LogP contribution in [0.5, 0.6) is 0 Å². The highest BCUT2D eigenvalue weighted by Gasteiger charge is 2.29. The predicted octanol–water partition coefficient (Wildman–Crippen LogP) is 3.29. The van der Waals surface area contributed by atoms with Crippen LogP contribution in [-0.4, -0.2) is 40.4 Å². The van der Waals surface area contributed by atoms with Gasteiger partial charge in [-0.05, 0) is 70.4 Å². The van der Waals surface area contributed by atoms with Crippen LogP contribution < -0.4 is 0 Å². The van der Waals surface area contributed by atoms with Gasteiger partial charge < -0.3 is 4.90 Å². The first-order valence-electron chi connectivity index (χ1n) is 8.16. The van der Waals surface area contributed by atoms with Crippen LogP contribution in [0, 0.1) is 12.8 Å². The third kappa shape index (κ3) is 2.45. The summed E-state index contributed by atoms with van der Waals surface area (Å²) in [5.41, 5.74) is 4.11. The van der Waals surface area contributed by atoms with Crippen LogP contribution in [-0.2, 0) is 0 Å². The highest BCUT2D eigenvalue weighted by molar-refractivity contribution is 6.03. The van der Waals surface area contributed by atoms with Gasteiger partial charge in [-0.3, -0.25) is 4.79 Å². The van der Waals surface area contributed by atoms with E-state index in [0.717, 1.165) is 29.7 Å². The maximum Gasteiger partial charge on any atom is 0.162 e. The molecule has 2 aromatic rings. The number of likely N-dealkylation sites (tertiary alicyclic amines) is 1. The number of piperidine rings is 1. The molecule has 0 spiro atoms. The maximum absolute atomic E-state index is 12.1. The average molecular weight is 299 g/mol. The van der Waals surface area contributed by atoms with Gasteiger partial charge in [0.25, 0.3) is 0 Å². The fourth-order valence-electron chi connectivity index (χ4n) is 3.96. The zero-order valence-electron chi connectivity index (χ0n) is 14.0. The van der Waals surface area contributed by atoms with Crippen molar-refractivity contribution in [1.29, 1.82) is 0 Å². The highest BCUT2D eigenvalue weighted by atomic mass is 16.1. The molecule has 0 saturated carbocycles. The lowest BCUT2D eigenvalue weighted by Crippen LogP contribution is -2.32. The molecule has 1 aliphatic heterocycles. The number of hydrogen-bond acceptors (Lipinski definition) is 3. The van der Waals surface area contributed by atoms with Gasteiger partial charge in [-0.2, -0.15) is 5.10 Å². The van der Waals surface area contributed by atoms with E-state index < -0.39 is 0 Å². The molecule has 0 N–H and O–H groups in total. The molecule has 118 valence electrons. The molecule has 3 rings (SSSR count). The van der Waals surface area contributed by atoms with Crippen molar-refractivity contribution >= 4 is 11.3 Å². The van der Waals surface area contributed by atoms with E-state index >= 15 is 0 Å². The molecule has 4 heteroatoms. The summed E-state index contributed by atoms with van der Waals surface area (Å²) in [5, 5.41) is 4.53. The van der Waals surface area contributed by atoms with Crippen LogP contribution >= 0.6 is 0 Å². The average Bonchev–Trinajstić information content (AvgIpc) is 2.79. The number of hydrogen-bond donors (Lipinski definition) is 0. The summed E-state index contributed by atoms with van der Waals surface area (Å²) in [5.74, 6) is 1.21. The Morgan fingerprint density at radius 3 is 2.68 bits per heavy atom. The fraction of sp³-hybridized carbons (Fsp3) is 0.556. The van der Waals surface area contributed by atoms with E-state index in [0.29, 0.717) is 11.8 Å². The smallest absolute Gasteiger partial charge is 0.162 e. The van der Waals surface area contributed by atoms with Crippen LogP contribution in [0.1, 0.15) is 54.2 Å². The number of rotatable bonds is 3. The summed E-state index contributed by atoms with van der Waals surface area (Å²) in [6, 6.07) is 3.91. The van der Waals surface area contributed by atoms with E-state index in [9.17, 15) is 4.79 Å². The second kappa shape index (κ2) is 5.84. The van der Waals surface area contributed by atoms with Crippen LogP contribution in [0.2, 0.25) is 0 Å². The molecule has 4 nitrogen and oxygen atoms in total. The normalized spacial score (nSPS) is 18.7. The monoisotopic (exact) mass is 299 g/mol. The van der Waals surface area contributed by atoms with Crippen LogP contribution in [0.25, 0.3) is 5.52 Å². The molecule has 22 heavy (non-hydrogen) atoms. The Balaban J connectivity index is 2.06. The van der Waals surface area contributed by atoms with Gasteiger partial charge in [0.1, 0.15) is 0 Å². The minimum absolute atomic E-state index is 0.129. The van der Waals surface area contributed by atoms with Crippen LogP contribution in [0.3, 0.4) is 0 Å². The Morgan fingerprint density at radius 1 is 1.36 bits per heavy atom. The molecule has 1 unspecified atom stereocenters. The largest absolute Gasteiger partial charge is 0.306 e. The first kappa shape index (κ1) is 15.2. The molecule has 2 aromatic heterocycles. The van der Waals surface area contributed by atoms with Gasteiger partial charge in [0.05, 0.1) is 5.52 Å². The molecule has 1 aliphatic rings. The minimum Gasteiger partial charge on any atom is -0.306 e. The number of nitrogens with zero attached hydrogens (tertiary/aromatic N) is 3. The molecule has 0 aromatic carbocycles. The van der Waals surface area contributed by atoms with E-state index in [4.69, 9.17) is 0 Å². The van der Waals surface area contributed by atoms with Gasteiger partial charge in [-0.25, -0.2) is 4.52 Å². The van der Waals surface area contributed by atoms with Gasteiger partial charge in [0, 0.05) is 23.4 Å². The van der Waals surface area contributed by atoms with Gasteiger partial charge in [-0.15, -0.1) is 0 Å². The van der Waals surface area contributed by atoms with E-state index in [1.54, 1.807) is 13.1 Å². The van der Waals surface area contributed by atoms with E-state index in [2.05, 4.69) is 30.9 Å². The molecule has 0 bridgehead atoms. The Labute approximate surface area is 132 Å². The SMILES string of the molecule is CC(=O)c1c(C)c(C(C)C2CCN(C)CC2)n2ncccc12. The lowest BCUT2D eigenvalue weighted by molar-refractivity contribution is 0.101. The quantitative estimate of drug-likeness (QED) is 0.816. The third-order valence-electron chi connectivity index (χ3n) is 5.25. The maximum atomic E-state index is 12.1. The summed E-state index contributed by atoms with van der Waals surface area (Å²) in [4.78, 5) is 14.5. The van der Waals surface area contributed by atoms with Crippen molar-refractivity contribution < 1.29 is 4.79 Å². The second-order valence-electron chi connectivity index (χ2n) is 6.69. The summed E-state index contributed by atoms with van der Waals surface area (Å²) in [7, 11) is 2.19. The Kier molecular flexibility index (Phi) is 4.04. The van der Waals surface area contributed by atoms with Crippen molar-refractivity contribution in [2.24, 2.45) is 5.92 Å². The summed E-state index contributed by atoms with van der Waals surface area (Å²) in [6.45, 7) is 8.34. The standard InChI is InChI=1S/C18H25N3O/c1-12(15-7-10-20(4)11-8-15)18-13(2)17(14(3)22)16-6-5-9-19-21(16)18/h5-6,9,12,15H,7-8,10-11H2,1-4H3. The van der Waals surface area contributed by atoms with Crippen LogP contribution in [0.15, 0.2) is 18.3 Å². The summed E-state index contributed by atoms with van der Waals surface area (Å²) < 4.78 is 2.00. The summed E-state index contributed by atoms with van der Waals surface area (Å²) in [6.07, 6.45) is 4.24. The highest BCUT2D eigenvalue weighted by Crippen LogP contribution is 2.36. The van der Waals surface area contributed by atoms with Gasteiger partial charge in [0.15, 0.2) is 5.78 Å². The van der Waals surface area contributed by atoms with Gasteiger partial charge in [-0.1, -0.05) is 6.92 Å². The number of carbonyl (C=O) groups excluding carboxylic acids is 1. The van der Waals surface area contributed by atoms with Crippen molar-refractivity contribution in [2.45, 2.75) is 39.5 Å². The first-order chi connectivity index (χ1) is 10.5. The third-order valence-corrected chi connectivity index (χ3v) is 5.25. The molecular formula is C18H25N3O. The van der Waals surface area contributed by atoms with Crippen molar-refractivity contribution in [1.82, 2.24) is 14.5 Å². The molecule has 1 atom stereocenters.